The Morgan fingerprint density at radius 2 is 1.84 bits per heavy atom. The van der Waals surface area contributed by atoms with Crippen molar-refractivity contribution in [3.63, 3.8) is 0 Å². The Kier molecular flexibility index (Phi) is 3.82. The van der Waals surface area contributed by atoms with E-state index in [1.807, 2.05) is 17.6 Å². The molecule has 6 heteroatoms. The summed E-state index contributed by atoms with van der Waals surface area (Å²) in [6.45, 7) is 2.83. The molecule has 25 heavy (non-hydrogen) atoms. The van der Waals surface area contributed by atoms with E-state index in [1.54, 1.807) is 4.90 Å². The lowest BCUT2D eigenvalue weighted by molar-refractivity contribution is 0.0176. The van der Waals surface area contributed by atoms with Gasteiger partial charge < -0.3 is 14.2 Å². The Morgan fingerprint density at radius 3 is 2.44 bits per heavy atom. The fourth-order valence-electron chi connectivity index (χ4n) is 3.20. The number of nitrogens with zero attached hydrogens (tertiary/aromatic N) is 2. The van der Waals surface area contributed by atoms with E-state index in [0.717, 1.165) is 18.5 Å². The van der Waals surface area contributed by atoms with Gasteiger partial charge in [-0.1, -0.05) is 0 Å². The molecule has 0 unspecified atom stereocenters. The number of ether oxygens (including phenoxy) is 1. The maximum absolute atomic E-state index is 12.9. The number of benzene rings is 1. The third-order valence-electron chi connectivity index (χ3n) is 4.68. The summed E-state index contributed by atoms with van der Waals surface area (Å²) in [5, 5.41) is 0. The van der Waals surface area contributed by atoms with Crippen LogP contribution in [0.1, 0.15) is 34.9 Å². The van der Waals surface area contributed by atoms with E-state index in [0.29, 0.717) is 30.4 Å². The molecule has 1 amide bonds. The summed E-state index contributed by atoms with van der Waals surface area (Å²) < 4.78 is 20.6. The molecule has 5 nitrogen and oxygen atoms in total. The van der Waals surface area contributed by atoms with Crippen LogP contribution in [0.3, 0.4) is 0 Å². The van der Waals surface area contributed by atoms with Gasteiger partial charge in [0.05, 0.1) is 13.1 Å². The van der Waals surface area contributed by atoms with Gasteiger partial charge in [-0.3, -0.25) is 9.59 Å². The second kappa shape index (κ2) is 6.02. The Morgan fingerprint density at radius 1 is 1.16 bits per heavy atom. The predicted molar refractivity (Wildman–Crippen MR) is 90.4 cm³/mol. The molecule has 130 valence electrons. The molecule has 1 saturated heterocycles. The van der Waals surface area contributed by atoms with Crippen LogP contribution in [0.4, 0.5) is 4.39 Å². The minimum Gasteiger partial charge on any atom is -0.486 e. The first kappa shape index (κ1) is 15.9. The van der Waals surface area contributed by atoms with E-state index in [4.69, 9.17) is 4.74 Å². The highest BCUT2D eigenvalue weighted by atomic mass is 19.1. The molecule has 1 aliphatic heterocycles. The highest BCUT2D eigenvalue weighted by Gasteiger charge is 2.33. The van der Waals surface area contributed by atoms with Crippen molar-refractivity contribution >= 4 is 5.91 Å². The summed E-state index contributed by atoms with van der Waals surface area (Å²) >= 11 is 0. The normalized spacial score (nSPS) is 17.3. The van der Waals surface area contributed by atoms with Crippen LogP contribution >= 0.6 is 0 Å². The minimum absolute atomic E-state index is 0.0314. The molecule has 0 bridgehead atoms. The first-order chi connectivity index (χ1) is 12.0. The zero-order valence-electron chi connectivity index (χ0n) is 13.9. The molecule has 1 aliphatic carbocycles. The van der Waals surface area contributed by atoms with Crippen molar-refractivity contribution in [3.8, 4) is 5.75 Å². The largest absolute Gasteiger partial charge is 0.486 e. The van der Waals surface area contributed by atoms with Gasteiger partial charge in [0.25, 0.3) is 11.5 Å². The van der Waals surface area contributed by atoms with E-state index in [9.17, 15) is 14.0 Å². The molecular formula is C19H19FN2O3. The lowest BCUT2D eigenvalue weighted by atomic mass is 10.1. The van der Waals surface area contributed by atoms with Gasteiger partial charge in [0.2, 0.25) is 0 Å². The molecule has 2 fully saturated rings. The lowest BCUT2D eigenvalue weighted by Gasteiger charge is -2.39. The zero-order chi connectivity index (χ0) is 17.6. The Balaban J connectivity index is 1.37. The van der Waals surface area contributed by atoms with Gasteiger partial charge in [-0.05, 0) is 50.1 Å². The van der Waals surface area contributed by atoms with Gasteiger partial charge >= 0.3 is 0 Å². The first-order valence-corrected chi connectivity index (χ1v) is 8.46. The summed E-state index contributed by atoms with van der Waals surface area (Å²) in [6, 6.07) is 9.26. The smallest absolute Gasteiger partial charge is 0.254 e. The average molecular weight is 342 g/mol. The highest BCUT2D eigenvalue weighted by Crippen LogP contribution is 2.35. The van der Waals surface area contributed by atoms with Gasteiger partial charge in [0, 0.05) is 23.4 Å². The SMILES string of the molecule is Cc1cc(OC2CN(C(=O)c3ccc(F)cc3)C2)cc(=O)n1C1CC1. The molecular weight excluding hydrogens is 323 g/mol. The Labute approximate surface area is 144 Å². The number of carbonyl (C=O) groups is 1. The number of halogens is 1. The molecule has 1 aromatic carbocycles. The van der Waals surface area contributed by atoms with E-state index < -0.39 is 0 Å². The average Bonchev–Trinajstić information content (AvgIpc) is 3.35. The summed E-state index contributed by atoms with van der Waals surface area (Å²) in [5.41, 5.74) is 1.34. The van der Waals surface area contributed by atoms with Crippen LogP contribution in [-0.4, -0.2) is 34.6 Å². The molecule has 2 aromatic rings. The Bertz CT molecular complexity index is 865. The van der Waals surface area contributed by atoms with E-state index in [2.05, 4.69) is 0 Å². The van der Waals surface area contributed by atoms with Crippen LogP contribution in [-0.2, 0) is 0 Å². The number of hydrogen-bond acceptors (Lipinski definition) is 3. The number of aromatic nitrogens is 1. The fourth-order valence-corrected chi connectivity index (χ4v) is 3.20. The maximum Gasteiger partial charge on any atom is 0.254 e. The molecule has 2 heterocycles. The van der Waals surface area contributed by atoms with Crippen LogP contribution in [0.5, 0.6) is 5.75 Å². The van der Waals surface area contributed by atoms with Crippen LogP contribution in [0.15, 0.2) is 41.2 Å². The second-order valence-corrected chi connectivity index (χ2v) is 6.73. The molecule has 0 N–H and O–H groups in total. The third kappa shape index (κ3) is 3.16. The predicted octanol–water partition coefficient (Wildman–Crippen LogP) is 2.53. The van der Waals surface area contributed by atoms with Crippen LogP contribution in [0.2, 0.25) is 0 Å². The van der Waals surface area contributed by atoms with E-state index in [-0.39, 0.29) is 23.4 Å². The van der Waals surface area contributed by atoms with Gasteiger partial charge in [-0.2, -0.15) is 0 Å². The van der Waals surface area contributed by atoms with Crippen LogP contribution in [0.25, 0.3) is 0 Å². The standard InChI is InChI=1S/C19H19FN2O3/c1-12-8-16(9-18(23)22(12)15-6-7-15)25-17-10-21(11-17)19(24)13-2-4-14(20)5-3-13/h2-5,8-9,15,17H,6-7,10-11H2,1H3. The van der Waals surface area contributed by atoms with E-state index in [1.165, 1.54) is 30.3 Å². The van der Waals surface area contributed by atoms with Crippen LogP contribution < -0.4 is 10.3 Å². The summed E-state index contributed by atoms with van der Waals surface area (Å²) in [4.78, 5) is 26.1. The molecule has 1 saturated carbocycles. The first-order valence-electron chi connectivity index (χ1n) is 8.46. The molecule has 0 radical (unpaired) electrons. The highest BCUT2D eigenvalue weighted by molar-refractivity contribution is 5.94. The van der Waals surface area contributed by atoms with Gasteiger partial charge in [0.1, 0.15) is 17.7 Å². The van der Waals surface area contributed by atoms with Gasteiger partial charge in [-0.25, -0.2) is 4.39 Å². The summed E-state index contributed by atoms with van der Waals surface area (Å²) in [7, 11) is 0. The number of likely N-dealkylation sites (tertiary alicyclic amines) is 1. The number of carbonyl (C=O) groups excluding carboxylic acids is 1. The van der Waals surface area contributed by atoms with Crippen molar-refractivity contribution in [2.24, 2.45) is 0 Å². The molecule has 1 aromatic heterocycles. The van der Waals surface area contributed by atoms with Crippen molar-refractivity contribution in [2.45, 2.75) is 31.9 Å². The number of hydrogen-bond donors (Lipinski definition) is 0. The Hall–Kier alpha value is -2.63. The van der Waals surface area contributed by atoms with Crippen molar-refractivity contribution in [1.29, 1.82) is 0 Å². The third-order valence-corrected chi connectivity index (χ3v) is 4.68. The van der Waals surface area contributed by atoms with Crippen molar-refractivity contribution < 1.29 is 13.9 Å². The molecule has 0 spiro atoms. The monoisotopic (exact) mass is 342 g/mol. The number of rotatable bonds is 4. The zero-order valence-corrected chi connectivity index (χ0v) is 13.9. The summed E-state index contributed by atoms with van der Waals surface area (Å²) in [6.07, 6.45) is 1.99. The minimum atomic E-state index is -0.363. The second-order valence-electron chi connectivity index (χ2n) is 6.73. The lowest BCUT2D eigenvalue weighted by Crippen LogP contribution is -2.56. The van der Waals surface area contributed by atoms with Crippen molar-refractivity contribution in [3.05, 3.63) is 63.8 Å². The van der Waals surface area contributed by atoms with Crippen molar-refractivity contribution in [2.75, 3.05) is 13.1 Å². The topological polar surface area (TPSA) is 51.5 Å². The summed E-state index contributed by atoms with van der Waals surface area (Å²) in [5.74, 6) is 0.0520. The quantitative estimate of drug-likeness (QED) is 0.858. The van der Waals surface area contributed by atoms with Crippen LogP contribution in [0, 0.1) is 12.7 Å². The fraction of sp³-hybridized carbons (Fsp3) is 0.368. The van der Waals surface area contributed by atoms with E-state index >= 15 is 0 Å². The van der Waals surface area contributed by atoms with Gasteiger partial charge in [-0.15, -0.1) is 0 Å². The number of amides is 1. The number of aryl methyl sites for hydroxylation is 1. The van der Waals surface area contributed by atoms with Crippen molar-refractivity contribution in [1.82, 2.24) is 9.47 Å². The van der Waals surface area contributed by atoms with Gasteiger partial charge in [0.15, 0.2) is 0 Å². The number of pyridine rings is 1. The maximum atomic E-state index is 12.9. The molecule has 4 rings (SSSR count). The molecule has 2 aliphatic rings. The molecule has 0 atom stereocenters.